The molecule has 2 unspecified atom stereocenters. The Morgan fingerprint density at radius 2 is 2.20 bits per heavy atom. The van der Waals surface area contributed by atoms with Gasteiger partial charge in [-0.25, -0.2) is 0 Å². The lowest BCUT2D eigenvalue weighted by atomic mass is 9.99. The average Bonchev–Trinajstić information content (AvgIpc) is 2.53. The van der Waals surface area contributed by atoms with E-state index in [1.165, 1.54) is 0 Å². The summed E-state index contributed by atoms with van der Waals surface area (Å²) in [6.07, 6.45) is -0.541. The molecule has 3 N–H and O–H groups in total. The Hall–Kier alpha value is -2.08. The Kier molecular flexibility index (Phi) is 4.57. The van der Waals surface area contributed by atoms with Crippen LogP contribution in [0.5, 0.6) is 0 Å². The second kappa shape index (κ2) is 6.38. The summed E-state index contributed by atoms with van der Waals surface area (Å²) in [6, 6.07) is 9.62. The number of carbonyl (C=O) groups is 1. The van der Waals surface area contributed by atoms with Crippen LogP contribution in [0.2, 0.25) is 0 Å². The Labute approximate surface area is 117 Å². The van der Waals surface area contributed by atoms with Gasteiger partial charge in [0.25, 0.3) is 0 Å². The van der Waals surface area contributed by atoms with Gasteiger partial charge in [0.1, 0.15) is 6.10 Å². The molecule has 0 saturated carbocycles. The van der Waals surface area contributed by atoms with Crippen LogP contribution in [0.1, 0.15) is 18.4 Å². The average molecular weight is 277 g/mol. The van der Waals surface area contributed by atoms with Crippen molar-refractivity contribution >= 4 is 11.7 Å². The van der Waals surface area contributed by atoms with Crippen LogP contribution in [-0.4, -0.2) is 47.7 Å². The third-order valence-electron chi connectivity index (χ3n) is 3.49. The maximum Gasteiger partial charge on any atom is 0.230 e. The zero-order valence-corrected chi connectivity index (χ0v) is 11.4. The molecular formula is C14H19N3O3. The van der Waals surface area contributed by atoms with Gasteiger partial charge in [0.05, 0.1) is 19.1 Å². The van der Waals surface area contributed by atoms with Crippen LogP contribution in [0.4, 0.5) is 0 Å². The molecule has 1 fully saturated rings. The molecule has 0 radical (unpaired) electrons. The summed E-state index contributed by atoms with van der Waals surface area (Å²) in [5.74, 6) is -0.202. The van der Waals surface area contributed by atoms with Crippen LogP contribution in [0, 0.1) is 0 Å². The van der Waals surface area contributed by atoms with Crippen LogP contribution < -0.4 is 5.73 Å². The molecule has 6 heteroatoms. The molecular weight excluding hydrogens is 258 g/mol. The number of hydrogen-bond donors (Lipinski definition) is 2. The summed E-state index contributed by atoms with van der Waals surface area (Å²) in [5, 5.41) is 11.6. The third-order valence-corrected chi connectivity index (χ3v) is 3.49. The van der Waals surface area contributed by atoms with Gasteiger partial charge in [-0.3, -0.25) is 4.79 Å². The van der Waals surface area contributed by atoms with Crippen molar-refractivity contribution in [2.45, 2.75) is 18.9 Å². The van der Waals surface area contributed by atoms with Gasteiger partial charge in [-0.1, -0.05) is 35.5 Å². The molecule has 1 heterocycles. The molecule has 1 aromatic rings. The van der Waals surface area contributed by atoms with Crippen molar-refractivity contribution in [1.82, 2.24) is 4.90 Å². The van der Waals surface area contributed by atoms with E-state index in [9.17, 15) is 4.79 Å². The van der Waals surface area contributed by atoms with Gasteiger partial charge in [-0.15, -0.1) is 0 Å². The Bertz CT molecular complexity index is 490. The minimum absolute atomic E-state index is 0.00476. The monoisotopic (exact) mass is 277 g/mol. The van der Waals surface area contributed by atoms with Gasteiger partial charge < -0.3 is 20.6 Å². The van der Waals surface area contributed by atoms with Crippen LogP contribution in [0.15, 0.2) is 35.5 Å². The predicted molar refractivity (Wildman–Crippen MR) is 74.6 cm³/mol. The molecule has 6 nitrogen and oxygen atoms in total. The molecule has 20 heavy (non-hydrogen) atoms. The lowest BCUT2D eigenvalue weighted by Gasteiger charge is -2.33. The van der Waals surface area contributed by atoms with Crippen molar-refractivity contribution in [2.24, 2.45) is 10.9 Å². The predicted octanol–water partition coefficient (Wildman–Crippen LogP) is 0.764. The summed E-state index contributed by atoms with van der Waals surface area (Å²) in [7, 11) is 0. The maximum absolute atomic E-state index is 12.5. The number of rotatable bonds is 3. The van der Waals surface area contributed by atoms with E-state index < -0.39 is 6.10 Å². The van der Waals surface area contributed by atoms with Crippen LogP contribution >= 0.6 is 0 Å². The zero-order chi connectivity index (χ0) is 14.5. The first-order valence-electron chi connectivity index (χ1n) is 6.56. The van der Waals surface area contributed by atoms with Gasteiger partial charge in [-0.05, 0) is 12.5 Å². The number of benzene rings is 1. The molecule has 0 spiro atoms. The maximum atomic E-state index is 12.5. The number of hydrogen-bond acceptors (Lipinski definition) is 4. The van der Waals surface area contributed by atoms with E-state index >= 15 is 0 Å². The lowest BCUT2D eigenvalue weighted by Crippen LogP contribution is -2.51. The van der Waals surface area contributed by atoms with E-state index in [0.29, 0.717) is 19.7 Å². The molecule has 108 valence electrons. The summed E-state index contributed by atoms with van der Waals surface area (Å²) in [5.41, 5.74) is 6.51. The highest BCUT2D eigenvalue weighted by Crippen LogP contribution is 2.19. The standard InChI is InChI=1S/C14H19N3O3/c1-10(11-5-3-2-4-6-11)14(18)17-7-8-20-12(9-17)13(15)16-19/h2-6,10,12,19H,7-9H2,1H3,(H2,15,16). The number of morpholine rings is 1. The van der Waals surface area contributed by atoms with Crippen molar-refractivity contribution in [3.8, 4) is 0 Å². The number of ether oxygens (including phenoxy) is 1. The second-order valence-electron chi connectivity index (χ2n) is 4.80. The number of nitrogens with zero attached hydrogens (tertiary/aromatic N) is 2. The first kappa shape index (κ1) is 14.3. The topological polar surface area (TPSA) is 88.2 Å². The molecule has 0 aromatic heterocycles. The normalized spacial score (nSPS) is 21.6. The zero-order valence-electron chi connectivity index (χ0n) is 11.4. The van der Waals surface area contributed by atoms with E-state index in [1.807, 2.05) is 37.3 Å². The van der Waals surface area contributed by atoms with Crippen molar-refractivity contribution in [1.29, 1.82) is 0 Å². The van der Waals surface area contributed by atoms with Crippen LogP contribution in [0.3, 0.4) is 0 Å². The van der Waals surface area contributed by atoms with E-state index in [1.54, 1.807) is 4.90 Å². The van der Waals surface area contributed by atoms with Crippen LogP contribution in [0.25, 0.3) is 0 Å². The van der Waals surface area contributed by atoms with Gasteiger partial charge in [-0.2, -0.15) is 0 Å². The highest BCUT2D eigenvalue weighted by Gasteiger charge is 2.29. The smallest absolute Gasteiger partial charge is 0.230 e. The van der Waals surface area contributed by atoms with Gasteiger partial charge in [0.2, 0.25) is 5.91 Å². The molecule has 0 aliphatic carbocycles. The molecule has 1 aliphatic heterocycles. The fraction of sp³-hybridized carbons (Fsp3) is 0.429. The number of amidine groups is 1. The quantitative estimate of drug-likeness (QED) is 0.369. The molecule has 1 aliphatic rings. The fourth-order valence-electron chi connectivity index (χ4n) is 2.25. The minimum Gasteiger partial charge on any atom is -0.409 e. The highest BCUT2D eigenvalue weighted by atomic mass is 16.5. The lowest BCUT2D eigenvalue weighted by molar-refractivity contribution is -0.138. The van der Waals surface area contributed by atoms with Crippen LogP contribution in [-0.2, 0) is 9.53 Å². The van der Waals surface area contributed by atoms with Crippen molar-refractivity contribution in [2.75, 3.05) is 19.7 Å². The summed E-state index contributed by atoms with van der Waals surface area (Å²) in [4.78, 5) is 14.2. The molecule has 2 atom stereocenters. The Balaban J connectivity index is 2.05. The molecule has 0 bridgehead atoms. The highest BCUT2D eigenvalue weighted by molar-refractivity contribution is 5.87. The van der Waals surface area contributed by atoms with E-state index in [0.717, 1.165) is 5.56 Å². The van der Waals surface area contributed by atoms with E-state index in [4.69, 9.17) is 15.7 Å². The van der Waals surface area contributed by atoms with Gasteiger partial charge in [0.15, 0.2) is 5.84 Å². The van der Waals surface area contributed by atoms with Crippen molar-refractivity contribution < 1.29 is 14.7 Å². The van der Waals surface area contributed by atoms with E-state index in [-0.39, 0.29) is 17.7 Å². The minimum atomic E-state index is -0.541. The Morgan fingerprint density at radius 1 is 1.50 bits per heavy atom. The van der Waals surface area contributed by atoms with Crippen molar-refractivity contribution in [3.05, 3.63) is 35.9 Å². The fourth-order valence-corrected chi connectivity index (χ4v) is 2.25. The largest absolute Gasteiger partial charge is 0.409 e. The molecule has 1 amide bonds. The van der Waals surface area contributed by atoms with Crippen molar-refractivity contribution in [3.63, 3.8) is 0 Å². The summed E-state index contributed by atoms with van der Waals surface area (Å²) >= 11 is 0. The third kappa shape index (κ3) is 3.08. The first-order valence-corrected chi connectivity index (χ1v) is 6.56. The number of nitrogens with two attached hydrogens (primary N) is 1. The number of amides is 1. The number of oxime groups is 1. The summed E-state index contributed by atoms with van der Waals surface area (Å²) in [6.45, 7) is 3.09. The van der Waals surface area contributed by atoms with E-state index in [2.05, 4.69) is 5.16 Å². The molecule has 2 rings (SSSR count). The molecule has 1 saturated heterocycles. The first-order chi connectivity index (χ1) is 9.63. The molecule has 1 aromatic carbocycles. The number of carbonyl (C=O) groups excluding carboxylic acids is 1. The second-order valence-corrected chi connectivity index (χ2v) is 4.80. The summed E-state index contributed by atoms with van der Waals surface area (Å²) < 4.78 is 5.39. The van der Waals surface area contributed by atoms with Gasteiger partial charge >= 0.3 is 0 Å². The SMILES string of the molecule is CC(C(=O)N1CCOC(/C(N)=N/O)C1)c1ccccc1. The Morgan fingerprint density at radius 3 is 2.85 bits per heavy atom. The van der Waals surface area contributed by atoms with Gasteiger partial charge in [0, 0.05) is 6.54 Å².